The molecule has 0 unspecified atom stereocenters. The minimum Gasteiger partial charge on any atom is -0.450 e. The van der Waals surface area contributed by atoms with Crippen LogP contribution in [0.3, 0.4) is 0 Å². The molecule has 3 N–H and O–H groups in total. The number of nitrogens with two attached hydrogens (primary N) is 1. The van der Waals surface area contributed by atoms with Crippen LogP contribution >= 0.6 is 0 Å². The van der Waals surface area contributed by atoms with Crippen LogP contribution in [0.4, 0.5) is 4.79 Å². The lowest BCUT2D eigenvalue weighted by Crippen LogP contribution is -2.48. The molecule has 0 spiro atoms. The number of carbonyl (C=O) groups excluding carboxylic acids is 1. The van der Waals surface area contributed by atoms with Crippen LogP contribution in [0.15, 0.2) is 4.99 Å². The number of hydrogen-bond acceptors (Lipinski definition) is 5. The number of guanidine groups is 1. The lowest BCUT2D eigenvalue weighted by Gasteiger charge is -2.31. The van der Waals surface area contributed by atoms with Crippen molar-refractivity contribution in [3.05, 3.63) is 11.6 Å². The van der Waals surface area contributed by atoms with Gasteiger partial charge in [-0.1, -0.05) is 6.42 Å². The van der Waals surface area contributed by atoms with Crippen molar-refractivity contribution in [1.82, 2.24) is 25.0 Å². The number of nitrogens with one attached hydrogen (secondary N) is 1. The Morgan fingerprint density at radius 3 is 2.85 bits per heavy atom. The number of aliphatic imine (C=N–C) groups is 1. The Hall–Kier alpha value is -2.32. The molecular formula is C17H29N7O2. The number of nitrogens with zero attached hydrogens (tertiary/aromatic N) is 5. The molecule has 1 amide bonds. The first-order valence-electron chi connectivity index (χ1n) is 9.56. The van der Waals surface area contributed by atoms with E-state index in [1.165, 1.54) is 12.8 Å². The fraction of sp³-hybridized carbons (Fsp3) is 0.765. The Balaban J connectivity index is 1.48. The number of piperidine rings is 1. The Bertz CT molecular complexity index is 635. The molecule has 9 heteroatoms. The van der Waals surface area contributed by atoms with E-state index in [1.54, 1.807) is 4.90 Å². The van der Waals surface area contributed by atoms with E-state index in [4.69, 9.17) is 10.5 Å². The predicted molar refractivity (Wildman–Crippen MR) is 97.7 cm³/mol. The minimum atomic E-state index is -0.236. The minimum absolute atomic E-state index is 0.222. The molecule has 1 saturated heterocycles. The molecule has 3 heterocycles. The van der Waals surface area contributed by atoms with Crippen molar-refractivity contribution in [1.29, 1.82) is 0 Å². The fourth-order valence-electron chi connectivity index (χ4n) is 3.49. The summed E-state index contributed by atoms with van der Waals surface area (Å²) in [4.78, 5) is 17.9. The third kappa shape index (κ3) is 4.64. The molecule has 9 nitrogen and oxygen atoms in total. The van der Waals surface area contributed by atoms with Gasteiger partial charge in [0.15, 0.2) is 11.8 Å². The molecule has 3 rings (SSSR count). The van der Waals surface area contributed by atoms with E-state index >= 15 is 0 Å². The van der Waals surface area contributed by atoms with E-state index in [2.05, 4.69) is 25.1 Å². The average molecular weight is 363 g/mol. The highest BCUT2D eigenvalue weighted by Gasteiger charge is 2.23. The van der Waals surface area contributed by atoms with Gasteiger partial charge in [-0.2, -0.15) is 0 Å². The van der Waals surface area contributed by atoms with Crippen molar-refractivity contribution in [2.24, 2.45) is 10.7 Å². The van der Waals surface area contributed by atoms with Crippen LogP contribution in [0.25, 0.3) is 0 Å². The maximum absolute atomic E-state index is 11.7. The number of aromatic nitrogens is 3. The van der Waals surface area contributed by atoms with Gasteiger partial charge >= 0.3 is 6.09 Å². The van der Waals surface area contributed by atoms with Gasteiger partial charge in [0.25, 0.3) is 0 Å². The molecule has 0 aliphatic carbocycles. The van der Waals surface area contributed by atoms with Crippen LogP contribution in [0, 0.1) is 0 Å². The zero-order chi connectivity index (χ0) is 18.4. The second kappa shape index (κ2) is 8.86. The lowest BCUT2D eigenvalue weighted by molar-refractivity contribution is 0.0963. The maximum Gasteiger partial charge on any atom is 0.409 e. The third-order valence-electron chi connectivity index (χ3n) is 4.95. The lowest BCUT2D eigenvalue weighted by atomic mass is 10.1. The summed E-state index contributed by atoms with van der Waals surface area (Å²) in [5.74, 6) is 2.36. The Kier molecular flexibility index (Phi) is 6.30. The molecule has 144 valence electrons. The Morgan fingerprint density at radius 1 is 1.27 bits per heavy atom. The molecule has 0 radical (unpaired) electrons. The van der Waals surface area contributed by atoms with Crippen LogP contribution in [0.1, 0.15) is 50.7 Å². The molecule has 1 aromatic rings. The van der Waals surface area contributed by atoms with Gasteiger partial charge in [-0.15, -0.1) is 10.2 Å². The van der Waals surface area contributed by atoms with Gasteiger partial charge in [0.2, 0.25) is 0 Å². The zero-order valence-corrected chi connectivity index (χ0v) is 15.5. The van der Waals surface area contributed by atoms with E-state index in [-0.39, 0.29) is 12.1 Å². The quantitative estimate of drug-likeness (QED) is 0.611. The molecule has 0 saturated carbocycles. The summed E-state index contributed by atoms with van der Waals surface area (Å²) in [6.45, 7) is 4.96. The van der Waals surface area contributed by atoms with E-state index < -0.39 is 0 Å². The number of likely N-dealkylation sites (tertiary alicyclic amines) is 1. The normalized spacial score (nSPS) is 19.0. The largest absolute Gasteiger partial charge is 0.450 e. The van der Waals surface area contributed by atoms with Gasteiger partial charge < -0.3 is 25.3 Å². The summed E-state index contributed by atoms with van der Waals surface area (Å²) in [5.41, 5.74) is 6.05. The van der Waals surface area contributed by atoms with Gasteiger partial charge in [-0.05, 0) is 32.6 Å². The van der Waals surface area contributed by atoms with E-state index in [0.717, 1.165) is 43.9 Å². The monoisotopic (exact) mass is 363 g/mol. The van der Waals surface area contributed by atoms with E-state index in [9.17, 15) is 4.79 Å². The summed E-state index contributed by atoms with van der Waals surface area (Å²) in [6.07, 6.45) is 5.98. The summed E-state index contributed by atoms with van der Waals surface area (Å²) in [7, 11) is 0. The summed E-state index contributed by atoms with van der Waals surface area (Å²) < 4.78 is 7.22. The molecule has 2 aliphatic heterocycles. The van der Waals surface area contributed by atoms with Crippen molar-refractivity contribution in [2.45, 2.75) is 64.6 Å². The number of ether oxygens (including phenoxy) is 1. The highest BCUT2D eigenvalue weighted by atomic mass is 16.6. The Morgan fingerprint density at radius 2 is 2.08 bits per heavy atom. The van der Waals surface area contributed by atoms with Crippen molar-refractivity contribution < 1.29 is 9.53 Å². The third-order valence-corrected chi connectivity index (χ3v) is 4.95. The van der Waals surface area contributed by atoms with Crippen molar-refractivity contribution >= 4 is 12.1 Å². The van der Waals surface area contributed by atoms with Gasteiger partial charge in [0.05, 0.1) is 6.61 Å². The van der Waals surface area contributed by atoms with Gasteiger partial charge in [0, 0.05) is 32.1 Å². The molecular weight excluding hydrogens is 334 g/mol. The first-order chi connectivity index (χ1) is 12.7. The van der Waals surface area contributed by atoms with Crippen molar-refractivity contribution in [2.75, 3.05) is 19.7 Å². The Labute approximate surface area is 154 Å². The van der Waals surface area contributed by atoms with Gasteiger partial charge in [-0.25, -0.2) is 9.79 Å². The second-order valence-corrected chi connectivity index (χ2v) is 6.80. The first kappa shape index (κ1) is 18.5. The number of fused-ring (bicyclic) bond motifs is 1. The predicted octanol–water partition coefficient (Wildman–Crippen LogP) is 1.03. The summed E-state index contributed by atoms with van der Waals surface area (Å²) in [5, 5.41) is 11.8. The van der Waals surface area contributed by atoms with Crippen molar-refractivity contribution in [3.63, 3.8) is 0 Å². The van der Waals surface area contributed by atoms with Crippen LogP contribution in [0.5, 0.6) is 0 Å². The van der Waals surface area contributed by atoms with Crippen LogP contribution in [-0.4, -0.2) is 57.5 Å². The topological polar surface area (TPSA) is 111 Å². The fourth-order valence-corrected chi connectivity index (χ4v) is 3.49. The van der Waals surface area contributed by atoms with E-state index in [1.807, 2.05) is 6.92 Å². The SMILES string of the molecule is CCOC(=O)N1CCC(NC(N)=NCc2nnc3n2CCCCC3)CC1. The number of carbonyl (C=O) groups is 1. The molecule has 0 bridgehead atoms. The highest BCUT2D eigenvalue weighted by molar-refractivity contribution is 5.78. The average Bonchev–Trinajstić information content (AvgIpc) is 2.87. The number of aryl methyl sites for hydroxylation is 1. The molecule has 0 aromatic carbocycles. The van der Waals surface area contributed by atoms with Crippen LogP contribution in [-0.2, 0) is 24.2 Å². The van der Waals surface area contributed by atoms with Crippen LogP contribution < -0.4 is 11.1 Å². The van der Waals surface area contributed by atoms with Gasteiger partial charge in [-0.3, -0.25) is 0 Å². The summed E-state index contributed by atoms with van der Waals surface area (Å²) >= 11 is 0. The number of hydrogen-bond donors (Lipinski definition) is 2. The molecule has 26 heavy (non-hydrogen) atoms. The molecule has 1 fully saturated rings. The molecule has 0 atom stereocenters. The highest BCUT2D eigenvalue weighted by Crippen LogP contribution is 2.15. The second-order valence-electron chi connectivity index (χ2n) is 6.80. The zero-order valence-electron chi connectivity index (χ0n) is 15.5. The summed E-state index contributed by atoms with van der Waals surface area (Å²) in [6, 6.07) is 0.222. The maximum atomic E-state index is 11.7. The van der Waals surface area contributed by atoms with Crippen molar-refractivity contribution in [3.8, 4) is 0 Å². The molecule has 2 aliphatic rings. The smallest absolute Gasteiger partial charge is 0.409 e. The van der Waals surface area contributed by atoms with E-state index in [0.29, 0.717) is 32.2 Å². The number of rotatable bonds is 4. The first-order valence-corrected chi connectivity index (χ1v) is 9.56. The molecule has 1 aromatic heterocycles. The van der Waals surface area contributed by atoms with Gasteiger partial charge in [0.1, 0.15) is 12.4 Å². The standard InChI is InChI=1S/C17H29N7O2/c1-2-26-17(25)23-10-7-13(8-11-23)20-16(18)19-12-15-22-21-14-6-4-3-5-9-24(14)15/h13H,2-12H2,1H3,(H3,18,19,20). The van der Waals surface area contributed by atoms with Crippen LogP contribution in [0.2, 0.25) is 0 Å². The number of amides is 1.